The third-order valence-corrected chi connectivity index (χ3v) is 7.30. The number of nitrogens with one attached hydrogen (secondary N) is 2. The van der Waals surface area contributed by atoms with Gasteiger partial charge < -0.3 is 26.0 Å². The molecule has 2 bridgehead atoms. The number of benzene rings is 1. The van der Waals surface area contributed by atoms with Crippen LogP contribution in [0.3, 0.4) is 0 Å². The van der Waals surface area contributed by atoms with Crippen molar-refractivity contribution in [1.29, 1.82) is 5.26 Å². The number of nitriles is 1. The summed E-state index contributed by atoms with van der Waals surface area (Å²) in [6.45, 7) is 0.811. The van der Waals surface area contributed by atoms with E-state index in [1.165, 1.54) is 12.1 Å². The lowest BCUT2D eigenvalue weighted by Crippen LogP contribution is -2.45. The van der Waals surface area contributed by atoms with Gasteiger partial charge in [0.1, 0.15) is 29.4 Å². The average molecular weight is 530 g/mol. The number of piperidine rings is 1. The van der Waals surface area contributed by atoms with Gasteiger partial charge in [0.15, 0.2) is 0 Å². The molecule has 4 atom stereocenters. The molecule has 0 spiro atoms. The van der Waals surface area contributed by atoms with E-state index in [0.717, 1.165) is 37.8 Å². The number of hydrogen-bond donors (Lipinski definition) is 3. The van der Waals surface area contributed by atoms with Gasteiger partial charge in [0.05, 0.1) is 17.7 Å². The zero-order valence-corrected chi connectivity index (χ0v) is 20.3. The Labute approximate surface area is 216 Å². The van der Waals surface area contributed by atoms with Crippen LogP contribution in [-0.2, 0) is 11.0 Å². The van der Waals surface area contributed by atoms with E-state index in [0.29, 0.717) is 24.7 Å². The minimum absolute atomic E-state index is 0.0482. The molecule has 1 aromatic carbocycles. The fraction of sp³-hybridized carbons (Fsp3) is 0.480. The number of rotatable bonds is 7. The summed E-state index contributed by atoms with van der Waals surface area (Å²) in [6, 6.07) is 5.79. The number of nitrogens with zero attached hydrogens (tertiary/aromatic N) is 4. The molecule has 4 heterocycles. The molecule has 13 heteroatoms. The van der Waals surface area contributed by atoms with Crippen LogP contribution in [0.2, 0.25) is 0 Å². The third-order valence-electron chi connectivity index (χ3n) is 7.30. The van der Waals surface area contributed by atoms with Crippen LogP contribution in [0, 0.1) is 17.2 Å². The number of halogens is 3. The Morgan fingerprint density at radius 2 is 1.95 bits per heavy atom. The van der Waals surface area contributed by atoms with Crippen molar-refractivity contribution in [2.24, 2.45) is 11.7 Å². The molecule has 0 aliphatic carbocycles. The molecule has 2 amide bonds. The molecular weight excluding hydrogens is 503 g/mol. The van der Waals surface area contributed by atoms with Gasteiger partial charge >= 0.3 is 6.18 Å². The van der Waals surface area contributed by atoms with Crippen molar-refractivity contribution in [1.82, 2.24) is 15.3 Å². The first kappa shape index (κ1) is 25.6. The Hall–Kier alpha value is -4.08. The van der Waals surface area contributed by atoms with Gasteiger partial charge in [0, 0.05) is 24.7 Å². The van der Waals surface area contributed by atoms with Crippen molar-refractivity contribution in [3.63, 3.8) is 0 Å². The van der Waals surface area contributed by atoms with Gasteiger partial charge in [-0.05, 0) is 56.2 Å². The lowest BCUT2D eigenvalue weighted by Gasteiger charge is -2.39. The van der Waals surface area contributed by atoms with Crippen molar-refractivity contribution >= 4 is 23.6 Å². The maximum atomic E-state index is 13.0. The number of primary amides is 1. The highest BCUT2D eigenvalue weighted by atomic mass is 19.4. The maximum Gasteiger partial charge on any atom is 0.416 e. The summed E-state index contributed by atoms with van der Waals surface area (Å²) in [5.74, 6) is 0.106. The van der Waals surface area contributed by atoms with Crippen LogP contribution in [0.4, 0.5) is 24.9 Å². The third kappa shape index (κ3) is 5.16. The fourth-order valence-corrected chi connectivity index (χ4v) is 5.54. The number of amides is 2. The quantitative estimate of drug-likeness (QED) is 0.496. The Kier molecular flexibility index (Phi) is 6.73. The highest BCUT2D eigenvalue weighted by Gasteiger charge is 2.43. The van der Waals surface area contributed by atoms with E-state index >= 15 is 0 Å². The van der Waals surface area contributed by atoms with Crippen molar-refractivity contribution < 1.29 is 27.5 Å². The Morgan fingerprint density at radius 3 is 2.55 bits per heavy atom. The highest BCUT2D eigenvalue weighted by molar-refractivity contribution is 5.92. The van der Waals surface area contributed by atoms with Gasteiger partial charge in [-0.1, -0.05) is 0 Å². The predicted molar refractivity (Wildman–Crippen MR) is 129 cm³/mol. The molecule has 3 fully saturated rings. The number of ether oxygens (including phenoxy) is 1. The smallest absolute Gasteiger partial charge is 0.416 e. The van der Waals surface area contributed by atoms with Gasteiger partial charge in [-0.2, -0.15) is 23.4 Å². The summed E-state index contributed by atoms with van der Waals surface area (Å²) >= 11 is 0. The lowest BCUT2D eigenvalue weighted by atomic mass is 9.91. The summed E-state index contributed by atoms with van der Waals surface area (Å²) in [7, 11) is 0. The summed E-state index contributed by atoms with van der Waals surface area (Å²) in [5.41, 5.74) is 4.51. The zero-order valence-electron chi connectivity index (χ0n) is 20.3. The second kappa shape index (κ2) is 10.00. The Bertz CT molecular complexity index is 1280. The largest absolute Gasteiger partial charge is 0.492 e. The monoisotopic (exact) mass is 529 g/mol. The summed E-state index contributed by atoms with van der Waals surface area (Å²) in [6.07, 6.45) is -0.754. The van der Waals surface area contributed by atoms with E-state index in [-0.39, 0.29) is 47.5 Å². The number of alkyl halides is 3. The number of carbonyl (C=O) groups excluding carboxylic acids is 2. The molecular formula is C25H26F3N7O3. The molecule has 10 nitrogen and oxygen atoms in total. The molecule has 3 aliphatic rings. The molecule has 2 aromatic rings. The van der Waals surface area contributed by atoms with Gasteiger partial charge in [-0.25, -0.2) is 4.98 Å². The normalized spacial score (nSPS) is 24.6. The highest BCUT2D eigenvalue weighted by Crippen LogP contribution is 2.41. The number of carbonyl (C=O) groups is 2. The van der Waals surface area contributed by atoms with Gasteiger partial charge in [-0.3, -0.25) is 9.59 Å². The first-order chi connectivity index (χ1) is 18.1. The molecule has 3 aliphatic heterocycles. The molecule has 3 saturated heterocycles. The van der Waals surface area contributed by atoms with Crippen molar-refractivity contribution in [2.75, 3.05) is 23.4 Å². The van der Waals surface area contributed by atoms with Crippen molar-refractivity contribution in [2.45, 2.75) is 56.4 Å². The molecule has 1 unspecified atom stereocenters. The predicted octanol–water partition coefficient (Wildman–Crippen LogP) is 2.59. The zero-order chi connectivity index (χ0) is 27.0. The number of anilines is 2. The topological polar surface area (TPSA) is 146 Å². The number of aromatic nitrogens is 2. The number of nitrogens with two attached hydrogens (primary N) is 1. The van der Waals surface area contributed by atoms with Gasteiger partial charge in [0.25, 0.3) is 5.91 Å². The van der Waals surface area contributed by atoms with Crippen molar-refractivity contribution in [3.8, 4) is 11.8 Å². The Morgan fingerprint density at radius 1 is 1.21 bits per heavy atom. The molecule has 4 N–H and O–H groups in total. The van der Waals surface area contributed by atoms with Crippen LogP contribution in [0.5, 0.6) is 5.75 Å². The minimum Gasteiger partial charge on any atom is -0.492 e. The number of hydrogen-bond acceptors (Lipinski definition) is 8. The Balaban J connectivity index is 1.29. The van der Waals surface area contributed by atoms with E-state index < -0.39 is 23.7 Å². The second-order valence-corrected chi connectivity index (χ2v) is 9.84. The summed E-state index contributed by atoms with van der Waals surface area (Å²) < 4.78 is 44.8. The number of fused-ring (bicyclic) bond motifs is 2. The van der Waals surface area contributed by atoms with E-state index in [1.54, 1.807) is 6.07 Å². The van der Waals surface area contributed by atoms with E-state index in [2.05, 4.69) is 25.5 Å². The van der Waals surface area contributed by atoms with Gasteiger partial charge in [0.2, 0.25) is 11.9 Å². The SMILES string of the molecule is N#Cc1cc(C(F)(F)F)ccc1OCC1C[C@H]2CC[C@@H](C1)N2c1nc(N[C@H]2CCNC2=O)cc(C(N)=O)n1. The second-order valence-electron chi connectivity index (χ2n) is 9.84. The van der Waals surface area contributed by atoms with E-state index in [4.69, 9.17) is 10.5 Å². The molecule has 200 valence electrons. The molecule has 5 rings (SSSR count). The average Bonchev–Trinajstić information content (AvgIpc) is 3.40. The van der Waals surface area contributed by atoms with Crippen LogP contribution in [0.1, 0.15) is 53.7 Å². The first-order valence-electron chi connectivity index (χ1n) is 12.4. The van der Waals surface area contributed by atoms with E-state index in [9.17, 15) is 28.0 Å². The standard InChI is InChI=1S/C25H26F3N7O3/c26-25(27,28)15-1-4-20(14(9-15)11-29)38-12-13-7-16-2-3-17(8-13)35(16)24-33-19(22(30)36)10-21(34-24)32-18-5-6-31-23(18)37/h1,4,9-10,13,16-18H,2-3,5-8,12H2,(H2,30,36)(H,31,37)(H,32,33,34)/t13?,16-,17+,18-/m0/s1. The first-order valence-corrected chi connectivity index (χ1v) is 12.4. The van der Waals surface area contributed by atoms with Crippen LogP contribution in [0.15, 0.2) is 24.3 Å². The molecule has 0 saturated carbocycles. The lowest BCUT2D eigenvalue weighted by molar-refractivity contribution is -0.137. The van der Waals surface area contributed by atoms with E-state index in [1.807, 2.05) is 0 Å². The van der Waals surface area contributed by atoms with Crippen LogP contribution < -0.4 is 26.0 Å². The van der Waals surface area contributed by atoms with Crippen LogP contribution in [-0.4, -0.2) is 53.1 Å². The van der Waals surface area contributed by atoms with Crippen LogP contribution in [0.25, 0.3) is 0 Å². The molecule has 0 radical (unpaired) electrons. The summed E-state index contributed by atoms with van der Waals surface area (Å²) in [5, 5.41) is 15.1. The minimum atomic E-state index is -4.54. The fourth-order valence-electron chi connectivity index (χ4n) is 5.54. The van der Waals surface area contributed by atoms with Crippen LogP contribution >= 0.6 is 0 Å². The van der Waals surface area contributed by atoms with Gasteiger partial charge in [-0.15, -0.1) is 0 Å². The maximum absolute atomic E-state index is 13.0. The summed E-state index contributed by atoms with van der Waals surface area (Å²) in [4.78, 5) is 35.1. The molecule has 38 heavy (non-hydrogen) atoms. The molecule has 1 aromatic heterocycles. The van der Waals surface area contributed by atoms with Crippen molar-refractivity contribution in [3.05, 3.63) is 41.1 Å².